The van der Waals surface area contributed by atoms with E-state index in [0.717, 1.165) is 5.56 Å². The number of fused-ring (bicyclic) bond motifs is 1. The van der Waals surface area contributed by atoms with Crippen molar-refractivity contribution in [1.82, 2.24) is 5.32 Å². The number of hydrogen-bond donors (Lipinski definition) is 3. The standard InChI is InChI=1S/C24H18F4N4O4/c1-35-23(34)32-21-11-13-10-17(7-9-19(13)30-21)36-16-5-3-15(4-6-16)29-22(33)31-20-12-14(24(26,27)28)2-8-18(20)25/h2-10,12H,11H2,1H3,(H2,29,31,33)(H,30,32,34). The number of anilines is 2. The number of nitrogens with one attached hydrogen (secondary N) is 3. The first kappa shape index (κ1) is 24.5. The molecule has 0 fully saturated rings. The van der Waals surface area contributed by atoms with Gasteiger partial charge in [-0.15, -0.1) is 0 Å². The van der Waals surface area contributed by atoms with E-state index < -0.39 is 35.4 Å². The Hall–Kier alpha value is -4.61. The van der Waals surface area contributed by atoms with Gasteiger partial charge in [-0.2, -0.15) is 13.2 Å². The van der Waals surface area contributed by atoms with Crippen LogP contribution >= 0.6 is 0 Å². The van der Waals surface area contributed by atoms with Crippen LogP contribution in [-0.4, -0.2) is 25.1 Å². The average molecular weight is 502 g/mol. The number of aliphatic imine (C=N–C) groups is 1. The van der Waals surface area contributed by atoms with E-state index in [1.165, 1.54) is 19.2 Å². The summed E-state index contributed by atoms with van der Waals surface area (Å²) >= 11 is 0. The lowest BCUT2D eigenvalue weighted by Crippen LogP contribution is -2.30. The molecule has 0 radical (unpaired) electrons. The second kappa shape index (κ2) is 9.94. The van der Waals surface area contributed by atoms with E-state index in [-0.39, 0.29) is 0 Å². The van der Waals surface area contributed by atoms with Gasteiger partial charge in [-0.1, -0.05) is 0 Å². The number of nitrogens with zero attached hydrogens (tertiary/aromatic N) is 1. The number of amidine groups is 1. The molecule has 3 aromatic rings. The number of ether oxygens (including phenoxy) is 2. The Kier molecular flexibility index (Phi) is 6.77. The van der Waals surface area contributed by atoms with Crippen LogP contribution in [0.15, 0.2) is 65.7 Å². The van der Waals surface area contributed by atoms with Crippen molar-refractivity contribution in [3.05, 3.63) is 77.6 Å². The molecule has 0 saturated carbocycles. The predicted octanol–water partition coefficient (Wildman–Crippen LogP) is 6.22. The van der Waals surface area contributed by atoms with Crippen LogP contribution in [0.5, 0.6) is 11.5 Å². The Morgan fingerprint density at radius 2 is 1.64 bits per heavy atom. The van der Waals surface area contributed by atoms with Crippen molar-refractivity contribution in [1.29, 1.82) is 0 Å². The lowest BCUT2D eigenvalue weighted by Gasteiger charge is -2.12. The lowest BCUT2D eigenvalue weighted by molar-refractivity contribution is -0.137. The fraction of sp³-hybridized carbons (Fsp3) is 0.125. The number of carbonyl (C=O) groups is 2. The smallest absolute Gasteiger partial charge is 0.416 e. The predicted molar refractivity (Wildman–Crippen MR) is 123 cm³/mol. The molecule has 0 unspecified atom stereocenters. The van der Waals surface area contributed by atoms with E-state index in [4.69, 9.17) is 4.74 Å². The maximum Gasteiger partial charge on any atom is 0.416 e. The van der Waals surface area contributed by atoms with Crippen molar-refractivity contribution in [2.75, 3.05) is 17.7 Å². The fourth-order valence-corrected chi connectivity index (χ4v) is 3.31. The van der Waals surface area contributed by atoms with Crippen LogP contribution in [-0.2, 0) is 17.3 Å². The zero-order chi connectivity index (χ0) is 25.9. The molecule has 0 saturated heterocycles. The lowest BCUT2D eigenvalue weighted by atomic mass is 10.1. The number of hydrogen-bond acceptors (Lipinski definition) is 5. The normalized spacial score (nSPS) is 12.3. The molecule has 0 bridgehead atoms. The van der Waals surface area contributed by atoms with E-state index in [2.05, 4.69) is 25.7 Å². The second-order valence-corrected chi connectivity index (χ2v) is 7.54. The Morgan fingerprint density at radius 3 is 2.33 bits per heavy atom. The molecule has 4 rings (SSSR count). The summed E-state index contributed by atoms with van der Waals surface area (Å²) in [5.74, 6) is 0.404. The van der Waals surface area contributed by atoms with Crippen molar-refractivity contribution in [2.24, 2.45) is 4.99 Å². The van der Waals surface area contributed by atoms with Crippen LogP contribution in [0.4, 0.5) is 44.2 Å². The van der Waals surface area contributed by atoms with Gasteiger partial charge in [-0.3, -0.25) is 5.32 Å². The largest absolute Gasteiger partial charge is 0.457 e. The summed E-state index contributed by atoms with van der Waals surface area (Å²) in [6.45, 7) is 0. The van der Waals surface area contributed by atoms with E-state index in [9.17, 15) is 27.2 Å². The van der Waals surface area contributed by atoms with Gasteiger partial charge in [-0.25, -0.2) is 19.0 Å². The summed E-state index contributed by atoms with van der Waals surface area (Å²) in [4.78, 5) is 27.8. The minimum absolute atomic E-state index is 0.299. The van der Waals surface area contributed by atoms with E-state index in [1.807, 2.05) is 0 Å². The first-order valence-electron chi connectivity index (χ1n) is 10.4. The molecule has 12 heteroatoms. The summed E-state index contributed by atoms with van der Waals surface area (Å²) in [6.07, 6.45) is -4.89. The second-order valence-electron chi connectivity index (χ2n) is 7.54. The number of alkyl halides is 3. The molecule has 0 atom stereocenters. The fourth-order valence-electron chi connectivity index (χ4n) is 3.31. The molecule has 0 spiro atoms. The van der Waals surface area contributed by atoms with Gasteiger partial charge in [0.25, 0.3) is 0 Å². The summed E-state index contributed by atoms with van der Waals surface area (Å²) in [5, 5.41) is 7.01. The van der Waals surface area contributed by atoms with Gasteiger partial charge in [0, 0.05) is 12.1 Å². The SMILES string of the molecule is COC(=O)NC1=Nc2ccc(Oc3ccc(NC(=O)Nc4cc(C(F)(F)F)ccc4F)cc3)cc2C1. The van der Waals surface area contributed by atoms with Crippen LogP contribution in [0, 0.1) is 5.82 Å². The highest BCUT2D eigenvalue weighted by molar-refractivity contribution is 6.01. The average Bonchev–Trinajstić information content (AvgIpc) is 3.22. The Labute approximate surface area is 201 Å². The molecule has 8 nitrogen and oxygen atoms in total. The molecule has 1 aliphatic heterocycles. The highest BCUT2D eigenvalue weighted by atomic mass is 19.4. The van der Waals surface area contributed by atoms with Gasteiger partial charge in [0.15, 0.2) is 0 Å². The van der Waals surface area contributed by atoms with Gasteiger partial charge >= 0.3 is 18.3 Å². The van der Waals surface area contributed by atoms with Gasteiger partial charge in [0.2, 0.25) is 0 Å². The van der Waals surface area contributed by atoms with Crippen molar-refractivity contribution in [2.45, 2.75) is 12.6 Å². The monoisotopic (exact) mass is 502 g/mol. The maximum absolute atomic E-state index is 13.8. The minimum Gasteiger partial charge on any atom is -0.457 e. The summed E-state index contributed by atoms with van der Waals surface area (Å²) < 4.78 is 62.7. The molecular formula is C24H18F4N4O4. The zero-order valence-electron chi connectivity index (χ0n) is 18.6. The van der Waals surface area contributed by atoms with Crippen molar-refractivity contribution >= 4 is 35.0 Å². The number of alkyl carbamates (subject to hydrolysis) is 1. The first-order chi connectivity index (χ1) is 17.1. The zero-order valence-corrected chi connectivity index (χ0v) is 18.6. The third-order valence-corrected chi connectivity index (χ3v) is 4.99. The van der Waals surface area contributed by atoms with Crippen molar-refractivity contribution in [3.8, 4) is 11.5 Å². The van der Waals surface area contributed by atoms with Crippen molar-refractivity contribution < 1.29 is 36.6 Å². The van der Waals surface area contributed by atoms with Crippen LogP contribution in [0.1, 0.15) is 11.1 Å². The van der Waals surface area contributed by atoms with Crippen LogP contribution in [0.2, 0.25) is 0 Å². The molecule has 0 aliphatic carbocycles. The third-order valence-electron chi connectivity index (χ3n) is 4.99. The van der Waals surface area contributed by atoms with E-state index >= 15 is 0 Å². The molecule has 3 aromatic carbocycles. The van der Waals surface area contributed by atoms with E-state index in [0.29, 0.717) is 53.3 Å². The number of urea groups is 1. The summed E-state index contributed by atoms with van der Waals surface area (Å²) in [7, 11) is 1.26. The molecule has 3 N–H and O–H groups in total. The third kappa shape index (κ3) is 5.90. The number of rotatable bonds is 4. The number of methoxy groups -OCH3 is 1. The molecule has 186 valence electrons. The first-order valence-corrected chi connectivity index (χ1v) is 10.4. The van der Waals surface area contributed by atoms with Gasteiger partial charge in [-0.05, 0) is 66.2 Å². The molecule has 0 aromatic heterocycles. The maximum atomic E-state index is 13.8. The number of amides is 3. The molecule has 3 amide bonds. The molecule has 36 heavy (non-hydrogen) atoms. The van der Waals surface area contributed by atoms with Crippen LogP contribution < -0.4 is 20.7 Å². The Bertz CT molecular complexity index is 1340. The minimum atomic E-state index is -4.68. The van der Waals surface area contributed by atoms with Gasteiger partial charge in [0.1, 0.15) is 23.2 Å². The summed E-state index contributed by atoms with van der Waals surface area (Å²) in [5.41, 5.74) is 0.142. The number of halogens is 4. The number of benzene rings is 3. The molecule has 1 aliphatic rings. The Morgan fingerprint density at radius 1 is 0.917 bits per heavy atom. The van der Waals surface area contributed by atoms with E-state index in [1.54, 1.807) is 30.3 Å². The highest BCUT2D eigenvalue weighted by Crippen LogP contribution is 2.33. The number of carbonyl (C=O) groups excluding carboxylic acids is 2. The topological polar surface area (TPSA) is 101 Å². The summed E-state index contributed by atoms with van der Waals surface area (Å²) in [6, 6.07) is 12.2. The highest BCUT2D eigenvalue weighted by Gasteiger charge is 2.31. The van der Waals surface area contributed by atoms with Gasteiger partial charge in [0.05, 0.1) is 24.0 Å². The quantitative estimate of drug-likeness (QED) is 0.369. The van der Waals surface area contributed by atoms with Crippen molar-refractivity contribution in [3.63, 3.8) is 0 Å². The van der Waals surface area contributed by atoms with Gasteiger partial charge < -0.3 is 20.1 Å². The Balaban J connectivity index is 1.35. The molecule has 1 heterocycles. The molecular weight excluding hydrogens is 484 g/mol. The van der Waals surface area contributed by atoms with Crippen LogP contribution in [0.25, 0.3) is 0 Å². The van der Waals surface area contributed by atoms with Crippen LogP contribution in [0.3, 0.4) is 0 Å².